The van der Waals surface area contributed by atoms with E-state index in [0.29, 0.717) is 12.3 Å². The number of carboxylic acid groups (broad SMARTS) is 1. The van der Waals surface area contributed by atoms with Gasteiger partial charge in [-0.25, -0.2) is 0 Å². The van der Waals surface area contributed by atoms with Crippen LogP contribution in [-0.4, -0.2) is 35.0 Å². The highest BCUT2D eigenvalue weighted by Gasteiger charge is 2.30. The SMILES string of the molecule is CC(NC(=O)C1CCC(NC(=O)CC2CCCCC2)CC1)C(C)C(=O)O. The minimum atomic E-state index is -0.901. The number of nitrogens with one attached hydrogen (secondary N) is 2. The summed E-state index contributed by atoms with van der Waals surface area (Å²) in [5.41, 5.74) is 0. The minimum Gasteiger partial charge on any atom is -0.481 e. The van der Waals surface area contributed by atoms with Crippen LogP contribution in [-0.2, 0) is 14.4 Å². The van der Waals surface area contributed by atoms with Gasteiger partial charge in [0, 0.05) is 24.4 Å². The van der Waals surface area contributed by atoms with E-state index in [1.807, 2.05) is 0 Å². The normalized spacial score (nSPS) is 26.5. The zero-order valence-electron chi connectivity index (χ0n) is 16.1. The van der Waals surface area contributed by atoms with Crippen LogP contribution in [0, 0.1) is 17.8 Å². The molecule has 2 amide bonds. The molecule has 6 heteroatoms. The van der Waals surface area contributed by atoms with Gasteiger partial charge < -0.3 is 15.7 Å². The van der Waals surface area contributed by atoms with Gasteiger partial charge in [-0.05, 0) is 58.3 Å². The molecule has 148 valence electrons. The fourth-order valence-corrected chi connectivity index (χ4v) is 4.12. The minimum absolute atomic E-state index is 0.0578. The van der Waals surface area contributed by atoms with Gasteiger partial charge in [0.15, 0.2) is 0 Å². The van der Waals surface area contributed by atoms with Crippen LogP contribution in [0.4, 0.5) is 0 Å². The van der Waals surface area contributed by atoms with Gasteiger partial charge in [0.25, 0.3) is 0 Å². The highest BCUT2D eigenvalue weighted by Crippen LogP contribution is 2.28. The van der Waals surface area contributed by atoms with Crippen molar-refractivity contribution in [3.63, 3.8) is 0 Å². The van der Waals surface area contributed by atoms with E-state index in [0.717, 1.165) is 25.7 Å². The summed E-state index contributed by atoms with van der Waals surface area (Å²) in [6.07, 6.45) is 9.91. The van der Waals surface area contributed by atoms with E-state index in [1.165, 1.54) is 32.1 Å². The van der Waals surface area contributed by atoms with E-state index in [9.17, 15) is 14.4 Å². The molecule has 0 bridgehead atoms. The lowest BCUT2D eigenvalue weighted by atomic mass is 9.84. The predicted octanol–water partition coefficient (Wildman–Crippen LogP) is 2.86. The van der Waals surface area contributed by atoms with Crippen LogP contribution in [0.1, 0.15) is 78.1 Å². The number of aliphatic carboxylic acids is 1. The molecule has 0 aliphatic heterocycles. The Balaban J connectivity index is 1.68. The van der Waals surface area contributed by atoms with Gasteiger partial charge in [0.1, 0.15) is 0 Å². The van der Waals surface area contributed by atoms with Gasteiger partial charge in [-0.3, -0.25) is 14.4 Å². The molecule has 0 radical (unpaired) electrons. The quantitative estimate of drug-likeness (QED) is 0.645. The standard InChI is InChI=1S/C20H34N2O4/c1-13(20(25)26)14(2)21-19(24)16-8-10-17(11-9-16)22-18(23)12-15-6-4-3-5-7-15/h13-17H,3-12H2,1-2H3,(H,21,24)(H,22,23)(H,25,26). The highest BCUT2D eigenvalue weighted by atomic mass is 16.4. The number of carbonyl (C=O) groups excluding carboxylic acids is 2. The van der Waals surface area contributed by atoms with E-state index in [-0.39, 0.29) is 29.8 Å². The van der Waals surface area contributed by atoms with Gasteiger partial charge in [-0.2, -0.15) is 0 Å². The van der Waals surface area contributed by atoms with Gasteiger partial charge in [-0.15, -0.1) is 0 Å². The van der Waals surface area contributed by atoms with Crippen molar-refractivity contribution in [3.05, 3.63) is 0 Å². The maximum Gasteiger partial charge on any atom is 0.308 e. The van der Waals surface area contributed by atoms with Crippen molar-refractivity contribution >= 4 is 17.8 Å². The van der Waals surface area contributed by atoms with Crippen molar-refractivity contribution in [3.8, 4) is 0 Å². The van der Waals surface area contributed by atoms with Gasteiger partial charge in [0.2, 0.25) is 11.8 Å². The average molecular weight is 367 g/mol. The summed E-state index contributed by atoms with van der Waals surface area (Å²) in [6.45, 7) is 3.33. The number of hydrogen-bond donors (Lipinski definition) is 3. The van der Waals surface area contributed by atoms with Crippen molar-refractivity contribution in [2.75, 3.05) is 0 Å². The summed E-state index contributed by atoms with van der Waals surface area (Å²) >= 11 is 0. The summed E-state index contributed by atoms with van der Waals surface area (Å²) in [6, 6.07) is -0.210. The van der Waals surface area contributed by atoms with Crippen LogP contribution in [0.3, 0.4) is 0 Å². The van der Waals surface area contributed by atoms with Crippen LogP contribution < -0.4 is 10.6 Å². The fourth-order valence-electron chi connectivity index (χ4n) is 4.12. The predicted molar refractivity (Wildman–Crippen MR) is 99.5 cm³/mol. The first kappa shape index (κ1) is 20.7. The lowest BCUT2D eigenvalue weighted by Gasteiger charge is -2.30. The van der Waals surface area contributed by atoms with Crippen molar-refractivity contribution in [1.29, 1.82) is 0 Å². The molecule has 2 saturated carbocycles. The molecule has 3 N–H and O–H groups in total. The Bertz CT molecular complexity index is 494. The molecule has 2 rings (SSSR count). The Morgan fingerprint density at radius 3 is 2.15 bits per heavy atom. The number of carbonyl (C=O) groups is 3. The first-order chi connectivity index (χ1) is 12.4. The molecule has 0 aromatic rings. The second kappa shape index (κ2) is 9.93. The molecule has 2 fully saturated rings. The van der Waals surface area contributed by atoms with Gasteiger partial charge in [0.05, 0.1) is 5.92 Å². The Morgan fingerprint density at radius 2 is 1.58 bits per heavy atom. The van der Waals surface area contributed by atoms with Crippen molar-refractivity contribution in [2.45, 2.75) is 90.1 Å². The molecular formula is C20H34N2O4. The second-order valence-corrected chi connectivity index (χ2v) is 8.25. The van der Waals surface area contributed by atoms with E-state index >= 15 is 0 Å². The zero-order valence-corrected chi connectivity index (χ0v) is 16.1. The first-order valence-electron chi connectivity index (χ1n) is 10.2. The Kier molecular flexibility index (Phi) is 7.91. The lowest BCUT2D eigenvalue weighted by molar-refractivity contribution is -0.142. The maximum absolute atomic E-state index is 12.3. The molecule has 6 nitrogen and oxygen atoms in total. The van der Waals surface area contributed by atoms with Crippen LogP contribution in [0.15, 0.2) is 0 Å². The third-order valence-electron chi connectivity index (χ3n) is 6.17. The summed E-state index contributed by atoms with van der Waals surface area (Å²) in [5, 5.41) is 15.0. The average Bonchev–Trinajstić information content (AvgIpc) is 2.62. The van der Waals surface area contributed by atoms with Gasteiger partial charge in [-0.1, -0.05) is 19.3 Å². The molecule has 2 atom stereocenters. The Morgan fingerprint density at radius 1 is 0.962 bits per heavy atom. The third-order valence-corrected chi connectivity index (χ3v) is 6.17. The molecular weight excluding hydrogens is 332 g/mol. The number of hydrogen-bond acceptors (Lipinski definition) is 3. The summed E-state index contributed by atoms with van der Waals surface area (Å²) in [7, 11) is 0. The summed E-state index contributed by atoms with van der Waals surface area (Å²) in [4.78, 5) is 35.6. The Labute approximate surface area is 156 Å². The molecule has 0 aromatic heterocycles. The number of rotatable bonds is 7. The molecule has 0 heterocycles. The molecule has 2 aliphatic carbocycles. The van der Waals surface area contributed by atoms with Crippen molar-refractivity contribution in [1.82, 2.24) is 10.6 Å². The topological polar surface area (TPSA) is 95.5 Å². The molecule has 2 unspecified atom stereocenters. The summed E-state index contributed by atoms with van der Waals surface area (Å²) < 4.78 is 0. The second-order valence-electron chi connectivity index (χ2n) is 8.25. The number of carboxylic acids is 1. The van der Waals surface area contributed by atoms with E-state index in [4.69, 9.17) is 5.11 Å². The highest BCUT2D eigenvalue weighted by molar-refractivity contribution is 5.80. The van der Waals surface area contributed by atoms with E-state index in [2.05, 4.69) is 10.6 Å². The van der Waals surface area contributed by atoms with Gasteiger partial charge >= 0.3 is 5.97 Å². The van der Waals surface area contributed by atoms with Crippen LogP contribution in [0.5, 0.6) is 0 Å². The van der Waals surface area contributed by atoms with E-state index in [1.54, 1.807) is 13.8 Å². The maximum atomic E-state index is 12.3. The van der Waals surface area contributed by atoms with E-state index < -0.39 is 11.9 Å². The lowest BCUT2D eigenvalue weighted by Crippen LogP contribution is -2.45. The summed E-state index contributed by atoms with van der Waals surface area (Å²) in [5.74, 6) is -0.934. The zero-order chi connectivity index (χ0) is 19.1. The first-order valence-corrected chi connectivity index (χ1v) is 10.2. The number of amides is 2. The largest absolute Gasteiger partial charge is 0.481 e. The molecule has 26 heavy (non-hydrogen) atoms. The van der Waals surface area contributed by atoms with Crippen LogP contribution in [0.25, 0.3) is 0 Å². The van der Waals surface area contributed by atoms with Crippen LogP contribution in [0.2, 0.25) is 0 Å². The molecule has 0 saturated heterocycles. The van der Waals surface area contributed by atoms with Crippen molar-refractivity contribution in [2.24, 2.45) is 17.8 Å². The van der Waals surface area contributed by atoms with Crippen molar-refractivity contribution < 1.29 is 19.5 Å². The fraction of sp³-hybridized carbons (Fsp3) is 0.850. The van der Waals surface area contributed by atoms with Crippen LogP contribution >= 0.6 is 0 Å². The molecule has 0 spiro atoms. The molecule has 2 aliphatic rings. The third kappa shape index (κ3) is 6.29. The molecule has 0 aromatic carbocycles. The smallest absolute Gasteiger partial charge is 0.308 e. The monoisotopic (exact) mass is 366 g/mol. The Hall–Kier alpha value is -1.59.